The molecule has 0 saturated heterocycles. The van der Waals surface area contributed by atoms with Gasteiger partial charge >= 0.3 is 5.91 Å². The van der Waals surface area contributed by atoms with Crippen molar-refractivity contribution in [2.75, 3.05) is 5.01 Å². The third-order valence-corrected chi connectivity index (χ3v) is 2.36. The van der Waals surface area contributed by atoms with E-state index in [2.05, 4.69) is 5.10 Å². The van der Waals surface area contributed by atoms with Gasteiger partial charge in [-0.15, -0.1) is 0 Å². The summed E-state index contributed by atoms with van der Waals surface area (Å²) >= 11 is 0. The first kappa shape index (κ1) is 11.4. The fraction of sp³-hybridized carbons (Fsp3) is 0.182. The van der Waals surface area contributed by atoms with Gasteiger partial charge in [0.1, 0.15) is 0 Å². The van der Waals surface area contributed by atoms with Gasteiger partial charge in [-0.1, -0.05) is 18.2 Å². The topological polar surface area (TPSA) is 90.2 Å². The number of carbonyl (C=O) groups is 2. The predicted molar refractivity (Wildman–Crippen MR) is 59.2 cm³/mol. The van der Waals surface area contributed by atoms with Crippen molar-refractivity contribution in [1.82, 2.24) is 0 Å². The zero-order chi connectivity index (χ0) is 12.6. The van der Waals surface area contributed by atoms with E-state index in [1.54, 1.807) is 30.3 Å². The van der Waals surface area contributed by atoms with E-state index in [0.717, 1.165) is 11.9 Å². The van der Waals surface area contributed by atoms with E-state index in [4.69, 9.17) is 0 Å². The standard InChI is InChI=1S/C11H10N2O4/c1-7(14)9-11(16,17)10(15)13(12-9)8-5-3-2-4-6-8/h2-6,16-17H,1H3. The second-order valence-electron chi connectivity index (χ2n) is 3.63. The van der Waals surface area contributed by atoms with Gasteiger partial charge in [0.15, 0.2) is 11.5 Å². The lowest BCUT2D eigenvalue weighted by Crippen LogP contribution is -2.48. The van der Waals surface area contributed by atoms with Crippen LogP contribution in [0.4, 0.5) is 5.69 Å². The smallest absolute Gasteiger partial charge is 0.314 e. The molecule has 6 nitrogen and oxygen atoms in total. The maximum Gasteiger partial charge on any atom is 0.314 e. The molecule has 1 heterocycles. The Balaban J connectivity index is 2.46. The average Bonchev–Trinajstić information content (AvgIpc) is 2.52. The Labute approximate surface area is 96.8 Å². The summed E-state index contributed by atoms with van der Waals surface area (Å²) in [5.74, 6) is -4.57. The van der Waals surface area contributed by atoms with Crippen LogP contribution in [0.2, 0.25) is 0 Å². The van der Waals surface area contributed by atoms with Crippen LogP contribution in [0.1, 0.15) is 6.92 Å². The van der Waals surface area contributed by atoms with Crippen LogP contribution in [0, 0.1) is 0 Å². The summed E-state index contributed by atoms with van der Waals surface area (Å²) in [6.07, 6.45) is 0. The number of rotatable bonds is 2. The molecule has 2 N–H and O–H groups in total. The highest BCUT2D eigenvalue weighted by Gasteiger charge is 2.51. The number of anilines is 1. The molecule has 0 unspecified atom stereocenters. The van der Waals surface area contributed by atoms with Crippen LogP contribution < -0.4 is 5.01 Å². The summed E-state index contributed by atoms with van der Waals surface area (Å²) in [6, 6.07) is 8.21. The van der Waals surface area contributed by atoms with Crippen LogP contribution in [0.25, 0.3) is 0 Å². The SMILES string of the molecule is CC(=O)C1=NN(c2ccccc2)C(=O)C1(O)O. The summed E-state index contributed by atoms with van der Waals surface area (Å²) in [6.45, 7) is 1.11. The zero-order valence-electron chi connectivity index (χ0n) is 8.99. The maximum absolute atomic E-state index is 11.7. The van der Waals surface area contributed by atoms with Crippen LogP contribution >= 0.6 is 0 Å². The molecule has 0 saturated carbocycles. The number of benzene rings is 1. The fourth-order valence-electron chi connectivity index (χ4n) is 1.52. The molecule has 0 spiro atoms. The van der Waals surface area contributed by atoms with E-state index in [1.165, 1.54) is 0 Å². The second-order valence-corrected chi connectivity index (χ2v) is 3.63. The Kier molecular flexibility index (Phi) is 2.53. The lowest BCUT2D eigenvalue weighted by Gasteiger charge is -2.15. The predicted octanol–water partition coefficient (Wildman–Crippen LogP) is -0.341. The van der Waals surface area contributed by atoms with Crippen molar-refractivity contribution in [3.05, 3.63) is 30.3 Å². The molecule has 17 heavy (non-hydrogen) atoms. The molecule has 1 aromatic carbocycles. The third-order valence-electron chi connectivity index (χ3n) is 2.36. The van der Waals surface area contributed by atoms with Crippen molar-refractivity contribution in [2.24, 2.45) is 5.10 Å². The van der Waals surface area contributed by atoms with Crippen molar-refractivity contribution in [3.8, 4) is 0 Å². The molecule has 0 aliphatic carbocycles. The average molecular weight is 234 g/mol. The highest BCUT2D eigenvalue weighted by Crippen LogP contribution is 2.24. The molecule has 88 valence electrons. The Bertz CT molecular complexity index is 507. The van der Waals surface area contributed by atoms with Crippen LogP contribution in [-0.4, -0.2) is 33.4 Å². The molecule has 0 fully saturated rings. The van der Waals surface area contributed by atoms with Gasteiger partial charge in [-0.2, -0.15) is 10.1 Å². The van der Waals surface area contributed by atoms with Gasteiger partial charge in [0.25, 0.3) is 5.79 Å². The van der Waals surface area contributed by atoms with Gasteiger partial charge in [-0.25, -0.2) is 0 Å². The molecular weight excluding hydrogens is 224 g/mol. The number of amides is 1. The lowest BCUT2D eigenvalue weighted by molar-refractivity contribution is -0.157. The van der Waals surface area contributed by atoms with Gasteiger partial charge in [-0.05, 0) is 12.1 Å². The summed E-state index contributed by atoms with van der Waals surface area (Å²) in [4.78, 5) is 22.9. The van der Waals surface area contributed by atoms with Gasteiger partial charge < -0.3 is 10.2 Å². The quantitative estimate of drug-likeness (QED) is 0.685. The van der Waals surface area contributed by atoms with E-state index >= 15 is 0 Å². The number of aliphatic hydroxyl groups is 2. The first-order chi connectivity index (χ1) is 7.94. The van der Waals surface area contributed by atoms with Crippen molar-refractivity contribution < 1.29 is 19.8 Å². The summed E-state index contributed by atoms with van der Waals surface area (Å²) < 4.78 is 0. The minimum absolute atomic E-state index is 0.362. The van der Waals surface area contributed by atoms with E-state index in [1.807, 2.05) is 0 Å². The van der Waals surface area contributed by atoms with Gasteiger partial charge in [0.2, 0.25) is 0 Å². The fourth-order valence-corrected chi connectivity index (χ4v) is 1.52. The van der Waals surface area contributed by atoms with E-state index in [-0.39, 0.29) is 0 Å². The Morgan fingerprint density at radius 3 is 2.35 bits per heavy atom. The van der Waals surface area contributed by atoms with Crippen LogP contribution in [0.5, 0.6) is 0 Å². The van der Waals surface area contributed by atoms with Crippen molar-refractivity contribution in [3.63, 3.8) is 0 Å². The summed E-state index contributed by atoms with van der Waals surface area (Å²) in [7, 11) is 0. The number of hydrogen-bond acceptors (Lipinski definition) is 5. The first-order valence-corrected chi connectivity index (χ1v) is 4.89. The minimum atomic E-state index is -2.85. The number of hydrogen-bond donors (Lipinski definition) is 2. The lowest BCUT2D eigenvalue weighted by atomic mass is 10.1. The number of para-hydroxylation sites is 1. The Hall–Kier alpha value is -2.05. The maximum atomic E-state index is 11.7. The minimum Gasteiger partial charge on any atom is -0.353 e. The number of hydrazone groups is 1. The van der Waals surface area contributed by atoms with Gasteiger partial charge in [-0.3, -0.25) is 9.59 Å². The number of Topliss-reactive ketones (excluding diaryl/α,β-unsaturated/α-hetero) is 1. The van der Waals surface area contributed by atoms with Gasteiger partial charge in [0.05, 0.1) is 5.69 Å². The molecule has 0 atom stereocenters. The molecule has 6 heteroatoms. The Morgan fingerprint density at radius 1 is 1.29 bits per heavy atom. The Morgan fingerprint density at radius 2 is 1.88 bits per heavy atom. The molecule has 0 bridgehead atoms. The number of carbonyl (C=O) groups excluding carboxylic acids is 2. The molecule has 1 aliphatic heterocycles. The van der Waals surface area contributed by atoms with E-state index < -0.39 is 23.2 Å². The first-order valence-electron chi connectivity index (χ1n) is 4.89. The van der Waals surface area contributed by atoms with Crippen molar-refractivity contribution in [1.29, 1.82) is 0 Å². The van der Waals surface area contributed by atoms with Crippen LogP contribution in [0.3, 0.4) is 0 Å². The summed E-state index contributed by atoms with van der Waals surface area (Å²) in [5.41, 5.74) is -0.215. The summed E-state index contributed by atoms with van der Waals surface area (Å²) in [5, 5.41) is 23.5. The van der Waals surface area contributed by atoms with Gasteiger partial charge in [0, 0.05) is 6.92 Å². The molecule has 2 rings (SSSR count). The highest BCUT2D eigenvalue weighted by atomic mass is 16.5. The third kappa shape index (κ3) is 1.73. The monoisotopic (exact) mass is 234 g/mol. The molecule has 1 aromatic rings. The molecule has 1 aliphatic rings. The van der Waals surface area contributed by atoms with E-state index in [0.29, 0.717) is 5.69 Å². The number of ketones is 1. The molecule has 0 radical (unpaired) electrons. The highest BCUT2D eigenvalue weighted by molar-refractivity contribution is 6.48. The molecule has 0 aromatic heterocycles. The van der Waals surface area contributed by atoms with Crippen molar-refractivity contribution >= 4 is 23.1 Å². The molecule has 1 amide bonds. The molecular formula is C11H10N2O4. The van der Waals surface area contributed by atoms with E-state index in [9.17, 15) is 19.8 Å². The second kappa shape index (κ2) is 3.76. The zero-order valence-corrected chi connectivity index (χ0v) is 8.99. The largest absolute Gasteiger partial charge is 0.353 e. The normalized spacial score (nSPS) is 18.2. The van der Waals surface area contributed by atoms with Crippen LogP contribution in [-0.2, 0) is 9.59 Å². The van der Waals surface area contributed by atoms with Crippen LogP contribution in [0.15, 0.2) is 35.4 Å². The number of nitrogens with zero attached hydrogens (tertiary/aromatic N) is 2. The van der Waals surface area contributed by atoms with Crippen molar-refractivity contribution in [2.45, 2.75) is 12.7 Å².